The average molecular weight is 308 g/mol. The zero-order valence-electron chi connectivity index (χ0n) is 11.0. The highest BCUT2D eigenvalue weighted by atomic mass is 79.9. The van der Waals surface area contributed by atoms with Crippen LogP contribution < -0.4 is 5.32 Å². The van der Waals surface area contributed by atoms with Gasteiger partial charge in [0.2, 0.25) is 0 Å². The van der Waals surface area contributed by atoms with Gasteiger partial charge in [0.05, 0.1) is 0 Å². The summed E-state index contributed by atoms with van der Waals surface area (Å²) in [4.78, 5) is 0. The van der Waals surface area contributed by atoms with Gasteiger partial charge in [-0.3, -0.25) is 0 Å². The van der Waals surface area contributed by atoms with Crippen molar-refractivity contribution in [1.29, 1.82) is 0 Å². The third-order valence-electron chi connectivity index (χ3n) is 4.94. The minimum atomic E-state index is 0.444. The monoisotopic (exact) mass is 307 g/mol. The highest BCUT2D eigenvalue weighted by Gasteiger charge is 2.39. The fourth-order valence-corrected chi connectivity index (χ4v) is 4.52. The lowest BCUT2D eigenvalue weighted by Gasteiger charge is -2.24. The highest BCUT2D eigenvalue weighted by molar-refractivity contribution is 9.10. The van der Waals surface area contributed by atoms with Crippen LogP contribution in [0.4, 0.5) is 0 Å². The Balaban J connectivity index is 1.56. The molecule has 3 rings (SSSR count). The molecule has 2 saturated carbocycles. The first-order chi connectivity index (χ1) is 8.74. The molecule has 0 amide bonds. The van der Waals surface area contributed by atoms with Gasteiger partial charge in [0.25, 0.3) is 0 Å². The van der Waals surface area contributed by atoms with Gasteiger partial charge in [-0.15, -0.1) is 0 Å². The molecule has 2 bridgehead atoms. The summed E-state index contributed by atoms with van der Waals surface area (Å²) in [5.74, 6) is 3.02. The van der Waals surface area contributed by atoms with Crippen LogP contribution in [0, 0.1) is 17.8 Å². The fraction of sp³-hybridized carbons (Fsp3) is 0.625. The summed E-state index contributed by atoms with van der Waals surface area (Å²) < 4.78 is 1.22. The van der Waals surface area contributed by atoms with Crippen molar-refractivity contribution in [3.63, 3.8) is 0 Å². The smallest absolute Gasteiger partial charge is 0.0303 e. The van der Waals surface area contributed by atoms with E-state index in [-0.39, 0.29) is 0 Å². The lowest BCUT2D eigenvalue weighted by Crippen LogP contribution is -2.28. The van der Waals surface area contributed by atoms with Crippen LogP contribution in [-0.2, 0) is 0 Å². The molecule has 0 aromatic heterocycles. The van der Waals surface area contributed by atoms with E-state index in [0.717, 1.165) is 17.8 Å². The third kappa shape index (κ3) is 2.50. The van der Waals surface area contributed by atoms with E-state index in [4.69, 9.17) is 0 Å². The predicted molar refractivity (Wildman–Crippen MR) is 79.5 cm³/mol. The lowest BCUT2D eigenvalue weighted by atomic mass is 9.88. The molecule has 0 saturated heterocycles. The van der Waals surface area contributed by atoms with Crippen LogP contribution in [0.3, 0.4) is 0 Å². The number of benzene rings is 1. The average Bonchev–Trinajstić information content (AvgIpc) is 2.98. The van der Waals surface area contributed by atoms with Crippen LogP contribution in [-0.4, -0.2) is 6.54 Å². The minimum Gasteiger partial charge on any atom is -0.310 e. The SMILES string of the molecule is CC(NCC1CC2CCC1C2)c1ccccc1Br. The molecule has 1 N–H and O–H groups in total. The van der Waals surface area contributed by atoms with E-state index in [0.29, 0.717) is 6.04 Å². The normalized spacial score (nSPS) is 31.8. The Morgan fingerprint density at radius 2 is 2.11 bits per heavy atom. The predicted octanol–water partition coefficient (Wildman–Crippen LogP) is 4.54. The van der Waals surface area contributed by atoms with Crippen LogP contribution >= 0.6 is 15.9 Å². The number of halogens is 1. The van der Waals surface area contributed by atoms with Gasteiger partial charge in [-0.25, -0.2) is 0 Å². The second-order valence-corrected chi connectivity index (χ2v) is 6.94. The van der Waals surface area contributed by atoms with Crippen LogP contribution in [0.5, 0.6) is 0 Å². The molecule has 4 unspecified atom stereocenters. The van der Waals surface area contributed by atoms with Crippen LogP contribution in [0.25, 0.3) is 0 Å². The Hall–Kier alpha value is -0.340. The molecule has 18 heavy (non-hydrogen) atoms. The van der Waals surface area contributed by atoms with Crippen molar-refractivity contribution < 1.29 is 0 Å². The number of rotatable bonds is 4. The van der Waals surface area contributed by atoms with Crippen molar-refractivity contribution in [1.82, 2.24) is 5.32 Å². The first kappa shape index (κ1) is 12.7. The molecule has 2 aliphatic carbocycles. The second-order valence-electron chi connectivity index (χ2n) is 6.09. The van der Waals surface area contributed by atoms with E-state index < -0.39 is 0 Å². The van der Waals surface area contributed by atoms with Crippen molar-refractivity contribution in [2.24, 2.45) is 17.8 Å². The van der Waals surface area contributed by atoms with E-state index in [2.05, 4.69) is 52.4 Å². The van der Waals surface area contributed by atoms with Gasteiger partial charge in [0.15, 0.2) is 0 Å². The molecule has 2 aliphatic rings. The maximum absolute atomic E-state index is 3.74. The Labute approximate surface area is 118 Å². The maximum Gasteiger partial charge on any atom is 0.0303 e. The summed E-state index contributed by atoms with van der Waals surface area (Å²) in [7, 11) is 0. The molecule has 1 aromatic rings. The minimum absolute atomic E-state index is 0.444. The van der Waals surface area contributed by atoms with E-state index in [1.807, 2.05) is 0 Å². The zero-order valence-corrected chi connectivity index (χ0v) is 12.6. The zero-order chi connectivity index (χ0) is 12.5. The van der Waals surface area contributed by atoms with E-state index in [1.54, 1.807) is 0 Å². The van der Waals surface area contributed by atoms with Gasteiger partial charge in [0.1, 0.15) is 0 Å². The molecule has 0 aliphatic heterocycles. The van der Waals surface area contributed by atoms with Crippen LogP contribution in [0.2, 0.25) is 0 Å². The topological polar surface area (TPSA) is 12.0 Å². The second kappa shape index (κ2) is 5.34. The molecular formula is C16H22BrN. The molecule has 1 aromatic carbocycles. The molecule has 2 fully saturated rings. The largest absolute Gasteiger partial charge is 0.310 e. The third-order valence-corrected chi connectivity index (χ3v) is 5.66. The Morgan fingerprint density at radius 3 is 2.78 bits per heavy atom. The summed E-state index contributed by atoms with van der Waals surface area (Å²) in [6.07, 6.45) is 5.97. The van der Waals surface area contributed by atoms with Gasteiger partial charge < -0.3 is 5.32 Å². The summed E-state index contributed by atoms with van der Waals surface area (Å²) in [6.45, 7) is 3.47. The van der Waals surface area contributed by atoms with Gasteiger partial charge in [-0.05, 0) is 62.1 Å². The molecule has 2 heteroatoms. The first-order valence-corrected chi connectivity index (χ1v) is 8.01. The maximum atomic E-state index is 3.74. The van der Waals surface area contributed by atoms with Crippen LogP contribution in [0.1, 0.15) is 44.2 Å². The number of hydrogen-bond acceptors (Lipinski definition) is 1. The van der Waals surface area contributed by atoms with Crippen molar-refractivity contribution in [2.45, 2.75) is 38.6 Å². The standard InChI is InChI=1S/C16H22BrN/c1-11(15-4-2-3-5-16(15)17)18-10-14-9-12-6-7-13(14)8-12/h2-5,11-14,18H,6-10H2,1H3. The molecular weight excluding hydrogens is 286 g/mol. The lowest BCUT2D eigenvalue weighted by molar-refractivity contribution is 0.309. The van der Waals surface area contributed by atoms with Crippen molar-refractivity contribution in [3.05, 3.63) is 34.3 Å². The molecule has 0 spiro atoms. The Bertz CT molecular complexity index is 417. The summed E-state index contributed by atoms with van der Waals surface area (Å²) >= 11 is 3.64. The highest BCUT2D eigenvalue weighted by Crippen LogP contribution is 2.48. The molecule has 0 heterocycles. The quantitative estimate of drug-likeness (QED) is 0.861. The van der Waals surface area contributed by atoms with Crippen molar-refractivity contribution >= 4 is 15.9 Å². The first-order valence-electron chi connectivity index (χ1n) is 7.22. The fourth-order valence-electron chi connectivity index (χ4n) is 3.89. The van der Waals surface area contributed by atoms with Gasteiger partial charge in [-0.1, -0.05) is 40.5 Å². The summed E-state index contributed by atoms with van der Waals surface area (Å²) in [6, 6.07) is 8.99. The van der Waals surface area contributed by atoms with E-state index in [9.17, 15) is 0 Å². The number of hydrogen-bond donors (Lipinski definition) is 1. The van der Waals surface area contributed by atoms with Gasteiger partial charge in [-0.2, -0.15) is 0 Å². The summed E-state index contributed by atoms with van der Waals surface area (Å²) in [5, 5.41) is 3.74. The number of nitrogens with one attached hydrogen (secondary N) is 1. The molecule has 4 atom stereocenters. The Kier molecular flexibility index (Phi) is 3.76. The van der Waals surface area contributed by atoms with Crippen LogP contribution in [0.15, 0.2) is 28.7 Å². The van der Waals surface area contributed by atoms with Crippen molar-refractivity contribution in [3.8, 4) is 0 Å². The van der Waals surface area contributed by atoms with E-state index in [1.165, 1.54) is 42.3 Å². The van der Waals surface area contributed by atoms with Gasteiger partial charge >= 0.3 is 0 Å². The summed E-state index contributed by atoms with van der Waals surface area (Å²) in [5.41, 5.74) is 1.38. The molecule has 1 nitrogen and oxygen atoms in total. The Morgan fingerprint density at radius 1 is 1.28 bits per heavy atom. The number of fused-ring (bicyclic) bond motifs is 2. The van der Waals surface area contributed by atoms with E-state index >= 15 is 0 Å². The van der Waals surface area contributed by atoms with Gasteiger partial charge in [0, 0.05) is 10.5 Å². The molecule has 98 valence electrons. The molecule has 0 radical (unpaired) electrons. The van der Waals surface area contributed by atoms with Crippen molar-refractivity contribution in [2.75, 3.05) is 6.54 Å².